The van der Waals surface area contributed by atoms with Crippen LogP contribution in [0.1, 0.15) is 13.8 Å². The van der Waals surface area contributed by atoms with Crippen molar-refractivity contribution in [2.75, 3.05) is 12.4 Å². The molecule has 0 aliphatic heterocycles. The summed E-state index contributed by atoms with van der Waals surface area (Å²) in [5.41, 5.74) is -1.21. The Hall–Kier alpha value is -2.09. The molecule has 1 aromatic carbocycles. The first-order chi connectivity index (χ1) is 7.90. The molecule has 5 heteroatoms. The second-order valence-corrected chi connectivity index (χ2v) is 4.04. The molecule has 0 aliphatic carbocycles. The molecule has 0 saturated carbocycles. The van der Waals surface area contributed by atoms with E-state index in [1.807, 2.05) is 6.07 Å². The van der Waals surface area contributed by atoms with E-state index in [-0.39, 0.29) is 5.69 Å². The van der Waals surface area contributed by atoms with Crippen LogP contribution in [0.2, 0.25) is 0 Å². The van der Waals surface area contributed by atoms with Gasteiger partial charge in [0.1, 0.15) is 17.0 Å². The molecule has 1 rings (SSSR count). The van der Waals surface area contributed by atoms with Crippen molar-refractivity contribution in [3.63, 3.8) is 0 Å². The number of hydrogen-bond acceptors (Lipinski definition) is 3. The summed E-state index contributed by atoms with van der Waals surface area (Å²) in [6.45, 7) is 2.92. The summed E-state index contributed by atoms with van der Waals surface area (Å²) in [6.07, 6.45) is 0. The monoisotopic (exact) mass is 236 g/mol. The maximum atomic E-state index is 13.4. The molecule has 0 aromatic heterocycles. The first-order valence-corrected chi connectivity index (χ1v) is 4.97. The fourth-order valence-corrected chi connectivity index (χ4v) is 1.06. The summed E-state index contributed by atoms with van der Waals surface area (Å²) in [7, 11) is 1.44. The maximum absolute atomic E-state index is 13.4. The first kappa shape index (κ1) is 13.0. The third-order valence-electron chi connectivity index (χ3n) is 2.27. The van der Waals surface area contributed by atoms with Gasteiger partial charge in [-0.2, -0.15) is 5.26 Å². The topological polar surface area (TPSA) is 62.1 Å². The molecule has 0 atom stereocenters. The van der Waals surface area contributed by atoms with Crippen LogP contribution in [0.15, 0.2) is 18.2 Å². The molecule has 0 bridgehead atoms. The Bertz CT molecular complexity index is 478. The van der Waals surface area contributed by atoms with Crippen molar-refractivity contribution in [3.8, 4) is 11.8 Å². The van der Waals surface area contributed by atoms with Crippen LogP contribution in [0.25, 0.3) is 0 Å². The number of methoxy groups -OCH3 is 1. The molecule has 0 fully saturated rings. The maximum Gasteiger partial charge on any atom is 0.244 e. The van der Waals surface area contributed by atoms with E-state index >= 15 is 0 Å². The van der Waals surface area contributed by atoms with Gasteiger partial charge in [-0.1, -0.05) is 0 Å². The molecular weight excluding hydrogens is 223 g/mol. The van der Waals surface area contributed by atoms with Crippen LogP contribution < -0.4 is 10.1 Å². The number of carbonyl (C=O) groups is 1. The molecule has 1 amide bonds. The summed E-state index contributed by atoms with van der Waals surface area (Å²) in [4.78, 5) is 11.7. The van der Waals surface area contributed by atoms with Crippen LogP contribution in [-0.4, -0.2) is 13.0 Å². The lowest BCUT2D eigenvalue weighted by Crippen LogP contribution is -2.29. The van der Waals surface area contributed by atoms with Gasteiger partial charge in [0.05, 0.1) is 18.9 Å². The molecule has 1 N–H and O–H groups in total. The fourth-order valence-electron chi connectivity index (χ4n) is 1.06. The Balaban J connectivity index is 2.96. The highest BCUT2D eigenvalue weighted by Crippen LogP contribution is 2.23. The molecule has 0 heterocycles. The van der Waals surface area contributed by atoms with Crippen molar-refractivity contribution in [2.24, 2.45) is 5.41 Å². The number of nitriles is 1. The van der Waals surface area contributed by atoms with Crippen LogP contribution >= 0.6 is 0 Å². The van der Waals surface area contributed by atoms with E-state index in [0.29, 0.717) is 5.75 Å². The average molecular weight is 236 g/mol. The van der Waals surface area contributed by atoms with E-state index in [0.717, 1.165) is 0 Å². The SMILES string of the molecule is COc1ccc(F)c(NC(=O)C(C)(C)C#N)c1. The van der Waals surface area contributed by atoms with Crippen LogP contribution in [-0.2, 0) is 4.79 Å². The number of halogens is 1. The van der Waals surface area contributed by atoms with E-state index in [9.17, 15) is 9.18 Å². The number of anilines is 1. The Labute approximate surface area is 99.0 Å². The zero-order valence-corrected chi connectivity index (χ0v) is 9.87. The van der Waals surface area contributed by atoms with E-state index in [4.69, 9.17) is 10.00 Å². The molecule has 0 spiro atoms. The van der Waals surface area contributed by atoms with Crippen molar-refractivity contribution in [3.05, 3.63) is 24.0 Å². The van der Waals surface area contributed by atoms with Gasteiger partial charge in [0.25, 0.3) is 0 Å². The Morgan fingerprint density at radius 3 is 2.71 bits per heavy atom. The van der Waals surface area contributed by atoms with Crippen molar-refractivity contribution in [1.29, 1.82) is 5.26 Å². The van der Waals surface area contributed by atoms with Gasteiger partial charge < -0.3 is 10.1 Å². The lowest BCUT2D eigenvalue weighted by molar-refractivity contribution is -0.121. The fraction of sp³-hybridized carbons (Fsp3) is 0.333. The number of ether oxygens (including phenoxy) is 1. The van der Waals surface area contributed by atoms with Gasteiger partial charge in [-0.15, -0.1) is 0 Å². The molecule has 90 valence electrons. The molecule has 17 heavy (non-hydrogen) atoms. The second-order valence-electron chi connectivity index (χ2n) is 4.04. The minimum Gasteiger partial charge on any atom is -0.497 e. The van der Waals surface area contributed by atoms with E-state index in [1.165, 1.54) is 39.2 Å². The molecule has 0 aliphatic rings. The third kappa shape index (κ3) is 2.94. The van der Waals surface area contributed by atoms with Crippen LogP contribution in [0, 0.1) is 22.6 Å². The number of hydrogen-bond donors (Lipinski definition) is 1. The minimum absolute atomic E-state index is 0.00215. The Kier molecular flexibility index (Phi) is 3.69. The smallest absolute Gasteiger partial charge is 0.244 e. The van der Waals surface area contributed by atoms with Crippen LogP contribution in [0.3, 0.4) is 0 Å². The summed E-state index contributed by atoms with van der Waals surface area (Å²) < 4.78 is 18.3. The number of benzene rings is 1. The van der Waals surface area contributed by atoms with Crippen LogP contribution in [0.4, 0.5) is 10.1 Å². The van der Waals surface area contributed by atoms with Crippen LogP contribution in [0.5, 0.6) is 5.75 Å². The van der Waals surface area contributed by atoms with Gasteiger partial charge in [-0.3, -0.25) is 4.79 Å². The van der Waals surface area contributed by atoms with E-state index < -0.39 is 17.1 Å². The Morgan fingerprint density at radius 2 is 2.18 bits per heavy atom. The number of rotatable bonds is 3. The van der Waals surface area contributed by atoms with Crippen molar-refractivity contribution in [2.45, 2.75) is 13.8 Å². The Morgan fingerprint density at radius 1 is 1.53 bits per heavy atom. The van der Waals surface area contributed by atoms with E-state index in [2.05, 4.69) is 5.32 Å². The molecular formula is C12H13FN2O2. The number of nitrogens with one attached hydrogen (secondary N) is 1. The molecule has 0 saturated heterocycles. The van der Waals surface area contributed by atoms with Gasteiger partial charge >= 0.3 is 0 Å². The van der Waals surface area contributed by atoms with Crippen molar-refractivity contribution < 1.29 is 13.9 Å². The highest BCUT2D eigenvalue weighted by atomic mass is 19.1. The molecule has 0 unspecified atom stereocenters. The highest BCUT2D eigenvalue weighted by Gasteiger charge is 2.27. The lowest BCUT2D eigenvalue weighted by atomic mass is 9.94. The number of amides is 1. The highest BCUT2D eigenvalue weighted by molar-refractivity contribution is 5.96. The van der Waals surface area contributed by atoms with E-state index in [1.54, 1.807) is 0 Å². The normalized spacial score (nSPS) is 10.5. The lowest BCUT2D eigenvalue weighted by Gasteiger charge is -2.15. The largest absolute Gasteiger partial charge is 0.497 e. The number of nitrogens with zero attached hydrogens (tertiary/aromatic N) is 1. The van der Waals surface area contributed by atoms with Gasteiger partial charge in [0.15, 0.2) is 0 Å². The summed E-state index contributed by atoms with van der Waals surface area (Å²) in [6, 6.07) is 5.84. The minimum atomic E-state index is -1.21. The zero-order chi connectivity index (χ0) is 13.1. The van der Waals surface area contributed by atoms with Gasteiger partial charge in [0, 0.05) is 6.07 Å². The summed E-state index contributed by atoms with van der Waals surface area (Å²) >= 11 is 0. The third-order valence-corrected chi connectivity index (χ3v) is 2.27. The standard InChI is InChI=1S/C12H13FN2O2/c1-12(2,7-14)11(16)15-10-6-8(17-3)4-5-9(10)13/h4-6H,1-3H3,(H,15,16). The van der Waals surface area contributed by atoms with Gasteiger partial charge in [-0.05, 0) is 26.0 Å². The van der Waals surface area contributed by atoms with Crippen molar-refractivity contribution in [1.82, 2.24) is 0 Å². The zero-order valence-electron chi connectivity index (χ0n) is 9.87. The predicted octanol–water partition coefficient (Wildman–Crippen LogP) is 2.32. The van der Waals surface area contributed by atoms with Crippen molar-refractivity contribution >= 4 is 11.6 Å². The summed E-state index contributed by atoms with van der Waals surface area (Å²) in [5.74, 6) is -0.712. The second kappa shape index (κ2) is 4.83. The predicted molar refractivity (Wildman–Crippen MR) is 61.0 cm³/mol. The first-order valence-electron chi connectivity index (χ1n) is 4.97. The molecule has 4 nitrogen and oxygen atoms in total. The van der Waals surface area contributed by atoms with Gasteiger partial charge in [-0.25, -0.2) is 4.39 Å². The molecule has 1 aromatic rings. The quantitative estimate of drug-likeness (QED) is 0.876. The average Bonchev–Trinajstić information content (AvgIpc) is 2.31. The summed E-state index contributed by atoms with van der Waals surface area (Å²) in [5, 5.41) is 11.1. The molecule has 0 radical (unpaired) electrons. The number of carbonyl (C=O) groups excluding carboxylic acids is 1. The van der Waals surface area contributed by atoms with Gasteiger partial charge in [0.2, 0.25) is 5.91 Å².